The molecule has 0 radical (unpaired) electrons. The predicted molar refractivity (Wildman–Crippen MR) is 91.0 cm³/mol. The topological polar surface area (TPSA) is 29.1 Å². The molecule has 0 aliphatic heterocycles. The molecule has 112 valence electrons. The number of hydrogen-bond acceptors (Lipinski definition) is 2. The second kappa shape index (κ2) is 6.90. The molecule has 0 saturated carbocycles. The summed E-state index contributed by atoms with van der Waals surface area (Å²) in [4.78, 5) is 13.5. The molecule has 0 bridgehead atoms. The Morgan fingerprint density at radius 1 is 1.14 bits per heavy atom. The van der Waals surface area contributed by atoms with Crippen LogP contribution in [0, 0.1) is 0 Å². The third-order valence-electron chi connectivity index (χ3n) is 3.42. The smallest absolute Gasteiger partial charge is 0.224 e. The Morgan fingerprint density at radius 2 is 1.90 bits per heavy atom. The fraction of sp³-hybridized carbons (Fsp3) is 0.389. The summed E-state index contributed by atoms with van der Waals surface area (Å²) in [7, 11) is 0. The zero-order valence-electron chi connectivity index (χ0n) is 13.0. The fourth-order valence-electron chi connectivity index (χ4n) is 2.34. The lowest BCUT2D eigenvalue weighted by Crippen LogP contribution is -2.18. The Kier molecular flexibility index (Phi) is 5.18. The second-order valence-electron chi connectivity index (χ2n) is 6.28. The average Bonchev–Trinajstić information content (AvgIpc) is 2.91. The molecule has 0 spiro atoms. The standard InChI is InChI=1S/C18H23NOS/c1-18(2,3)15-10-4-5-11-16(15)19-17(20)12-6-8-14-9-7-13-21-14/h4-5,7,9-11,13H,6,8,12H2,1-3H3,(H,19,20). The van der Waals surface area contributed by atoms with Crippen LogP contribution in [0.15, 0.2) is 41.8 Å². The van der Waals surface area contributed by atoms with Crippen molar-refractivity contribution in [3.05, 3.63) is 52.2 Å². The van der Waals surface area contributed by atoms with Gasteiger partial charge in [0.15, 0.2) is 0 Å². The molecule has 21 heavy (non-hydrogen) atoms. The van der Waals surface area contributed by atoms with Crippen LogP contribution >= 0.6 is 11.3 Å². The van der Waals surface area contributed by atoms with E-state index in [-0.39, 0.29) is 11.3 Å². The first-order chi connectivity index (χ1) is 9.97. The van der Waals surface area contributed by atoms with Crippen molar-refractivity contribution in [2.45, 2.75) is 45.4 Å². The molecule has 2 nitrogen and oxygen atoms in total. The van der Waals surface area contributed by atoms with Gasteiger partial charge in [-0.25, -0.2) is 0 Å². The molecular weight excluding hydrogens is 278 g/mol. The number of carbonyl (C=O) groups is 1. The van der Waals surface area contributed by atoms with Crippen molar-refractivity contribution < 1.29 is 4.79 Å². The number of amides is 1. The van der Waals surface area contributed by atoms with Gasteiger partial charge in [-0.15, -0.1) is 11.3 Å². The molecule has 0 atom stereocenters. The molecule has 2 aromatic rings. The van der Waals surface area contributed by atoms with E-state index in [0.717, 1.165) is 18.5 Å². The highest BCUT2D eigenvalue weighted by Gasteiger charge is 2.18. The Bertz CT molecular complexity index is 582. The molecule has 0 aliphatic carbocycles. The van der Waals surface area contributed by atoms with Crippen molar-refractivity contribution in [1.29, 1.82) is 0 Å². The van der Waals surface area contributed by atoms with Gasteiger partial charge in [-0.05, 0) is 41.3 Å². The summed E-state index contributed by atoms with van der Waals surface area (Å²) in [6, 6.07) is 12.2. The first kappa shape index (κ1) is 15.8. The highest BCUT2D eigenvalue weighted by atomic mass is 32.1. The van der Waals surface area contributed by atoms with Crippen LogP contribution in [-0.4, -0.2) is 5.91 Å². The highest BCUT2D eigenvalue weighted by molar-refractivity contribution is 7.09. The fourth-order valence-corrected chi connectivity index (χ4v) is 3.09. The van der Waals surface area contributed by atoms with Gasteiger partial charge in [0.1, 0.15) is 0 Å². The molecular formula is C18H23NOS. The van der Waals surface area contributed by atoms with E-state index in [2.05, 4.69) is 49.7 Å². The maximum Gasteiger partial charge on any atom is 0.224 e. The van der Waals surface area contributed by atoms with Gasteiger partial charge in [0.25, 0.3) is 0 Å². The second-order valence-corrected chi connectivity index (χ2v) is 7.31. The molecule has 2 rings (SSSR count). The summed E-state index contributed by atoms with van der Waals surface area (Å²) < 4.78 is 0. The first-order valence-corrected chi connectivity index (χ1v) is 8.26. The summed E-state index contributed by atoms with van der Waals surface area (Å²) in [5.41, 5.74) is 2.14. The summed E-state index contributed by atoms with van der Waals surface area (Å²) in [5.74, 6) is 0.100. The SMILES string of the molecule is CC(C)(C)c1ccccc1NC(=O)CCCc1cccs1. The molecule has 0 saturated heterocycles. The highest BCUT2D eigenvalue weighted by Crippen LogP contribution is 2.29. The van der Waals surface area contributed by atoms with Gasteiger partial charge in [0, 0.05) is 17.0 Å². The van der Waals surface area contributed by atoms with Crippen LogP contribution in [0.25, 0.3) is 0 Å². The zero-order chi connectivity index (χ0) is 15.3. The van der Waals surface area contributed by atoms with Crippen molar-refractivity contribution in [2.75, 3.05) is 5.32 Å². The number of para-hydroxylation sites is 1. The van der Waals surface area contributed by atoms with E-state index < -0.39 is 0 Å². The number of carbonyl (C=O) groups excluding carboxylic acids is 1. The largest absolute Gasteiger partial charge is 0.326 e. The van der Waals surface area contributed by atoms with Crippen LogP contribution < -0.4 is 5.32 Å². The minimum Gasteiger partial charge on any atom is -0.326 e. The number of nitrogens with one attached hydrogen (secondary N) is 1. The number of rotatable bonds is 5. The van der Waals surface area contributed by atoms with Crippen molar-refractivity contribution in [1.82, 2.24) is 0 Å². The first-order valence-electron chi connectivity index (χ1n) is 7.38. The average molecular weight is 301 g/mol. The van der Waals surface area contributed by atoms with E-state index in [1.165, 1.54) is 10.4 Å². The molecule has 1 aromatic carbocycles. The van der Waals surface area contributed by atoms with Crippen LogP contribution in [0.3, 0.4) is 0 Å². The van der Waals surface area contributed by atoms with E-state index in [1.54, 1.807) is 11.3 Å². The van der Waals surface area contributed by atoms with Crippen LogP contribution in [0.5, 0.6) is 0 Å². The molecule has 1 amide bonds. The van der Waals surface area contributed by atoms with Crippen molar-refractivity contribution >= 4 is 22.9 Å². The van der Waals surface area contributed by atoms with Crippen LogP contribution in [0.1, 0.15) is 44.1 Å². The molecule has 0 aliphatic rings. The van der Waals surface area contributed by atoms with E-state index in [4.69, 9.17) is 0 Å². The Labute approximate surface area is 131 Å². The summed E-state index contributed by atoms with van der Waals surface area (Å²) in [5, 5.41) is 5.14. The molecule has 0 unspecified atom stereocenters. The minimum absolute atomic E-state index is 0.0286. The Hall–Kier alpha value is -1.61. The quantitative estimate of drug-likeness (QED) is 0.826. The van der Waals surface area contributed by atoms with Gasteiger partial charge >= 0.3 is 0 Å². The van der Waals surface area contributed by atoms with Gasteiger partial charge < -0.3 is 5.32 Å². The summed E-state index contributed by atoms with van der Waals surface area (Å²) in [6.45, 7) is 6.48. The number of benzene rings is 1. The maximum absolute atomic E-state index is 12.1. The lowest BCUT2D eigenvalue weighted by molar-refractivity contribution is -0.116. The number of anilines is 1. The van der Waals surface area contributed by atoms with Gasteiger partial charge in [-0.3, -0.25) is 4.79 Å². The van der Waals surface area contributed by atoms with Gasteiger partial charge in [0.05, 0.1) is 0 Å². The van der Waals surface area contributed by atoms with E-state index in [0.29, 0.717) is 6.42 Å². The third-order valence-corrected chi connectivity index (χ3v) is 4.35. The normalized spacial score (nSPS) is 11.4. The number of thiophene rings is 1. The monoisotopic (exact) mass is 301 g/mol. The zero-order valence-corrected chi connectivity index (χ0v) is 13.8. The minimum atomic E-state index is 0.0286. The summed E-state index contributed by atoms with van der Waals surface area (Å²) >= 11 is 1.75. The van der Waals surface area contributed by atoms with Gasteiger partial charge in [-0.1, -0.05) is 45.0 Å². The lowest BCUT2D eigenvalue weighted by Gasteiger charge is -2.23. The third kappa shape index (κ3) is 4.71. The number of hydrogen-bond donors (Lipinski definition) is 1. The van der Waals surface area contributed by atoms with Crippen LogP contribution in [-0.2, 0) is 16.6 Å². The van der Waals surface area contributed by atoms with Crippen molar-refractivity contribution in [3.63, 3.8) is 0 Å². The van der Waals surface area contributed by atoms with Gasteiger partial charge in [-0.2, -0.15) is 0 Å². The van der Waals surface area contributed by atoms with Crippen LogP contribution in [0.4, 0.5) is 5.69 Å². The molecule has 1 aromatic heterocycles. The van der Waals surface area contributed by atoms with E-state index >= 15 is 0 Å². The lowest BCUT2D eigenvalue weighted by atomic mass is 9.86. The molecule has 1 heterocycles. The molecule has 0 fully saturated rings. The van der Waals surface area contributed by atoms with E-state index in [1.807, 2.05) is 18.2 Å². The number of aryl methyl sites for hydroxylation is 1. The predicted octanol–water partition coefficient (Wildman–Crippen LogP) is 5.01. The van der Waals surface area contributed by atoms with Gasteiger partial charge in [0.2, 0.25) is 5.91 Å². The maximum atomic E-state index is 12.1. The van der Waals surface area contributed by atoms with E-state index in [9.17, 15) is 4.79 Å². The molecule has 3 heteroatoms. The Morgan fingerprint density at radius 3 is 2.57 bits per heavy atom. The van der Waals surface area contributed by atoms with Crippen LogP contribution in [0.2, 0.25) is 0 Å². The van der Waals surface area contributed by atoms with Crippen molar-refractivity contribution in [2.24, 2.45) is 0 Å². The Balaban J connectivity index is 1.91. The summed E-state index contributed by atoms with van der Waals surface area (Å²) in [6.07, 6.45) is 2.44. The van der Waals surface area contributed by atoms with Crippen molar-refractivity contribution in [3.8, 4) is 0 Å². The molecule has 1 N–H and O–H groups in total.